The minimum absolute atomic E-state index is 0.0572. The topological polar surface area (TPSA) is 83.8 Å². The van der Waals surface area contributed by atoms with Crippen molar-refractivity contribution in [2.24, 2.45) is 11.8 Å². The molecule has 1 aromatic rings. The second kappa shape index (κ2) is 6.96. The van der Waals surface area contributed by atoms with E-state index in [2.05, 4.69) is 0 Å². The van der Waals surface area contributed by atoms with Crippen LogP contribution in [0.3, 0.4) is 0 Å². The Bertz CT molecular complexity index is 862. The van der Waals surface area contributed by atoms with Crippen molar-refractivity contribution >= 4 is 23.4 Å². The van der Waals surface area contributed by atoms with Gasteiger partial charge in [-0.1, -0.05) is 29.8 Å². The van der Waals surface area contributed by atoms with Gasteiger partial charge >= 0.3 is 5.97 Å². The molecule has 0 saturated heterocycles. The molecule has 0 amide bonds. The van der Waals surface area contributed by atoms with E-state index in [4.69, 9.17) is 16.3 Å². The number of cyclic esters (lactones) is 1. The van der Waals surface area contributed by atoms with E-state index in [1.165, 1.54) is 25.2 Å². The number of carbonyl (C=O) groups is 2. The van der Waals surface area contributed by atoms with Crippen molar-refractivity contribution in [1.82, 2.24) is 0 Å². The van der Waals surface area contributed by atoms with Gasteiger partial charge in [0.25, 0.3) is 5.92 Å². The molecule has 1 fully saturated rings. The van der Waals surface area contributed by atoms with Crippen LogP contribution in [0.2, 0.25) is 5.02 Å². The fraction of sp³-hybridized carbons (Fsp3) is 0.368. The minimum Gasteiger partial charge on any atom is -0.507 e. The van der Waals surface area contributed by atoms with Crippen molar-refractivity contribution < 1.29 is 33.3 Å². The maximum atomic E-state index is 13.9. The van der Waals surface area contributed by atoms with Crippen LogP contribution in [-0.4, -0.2) is 34.0 Å². The Kier molecular flexibility index (Phi) is 4.99. The number of allylic oxidation sites excluding steroid dienone is 4. The molecule has 0 aromatic heterocycles. The fourth-order valence-electron chi connectivity index (χ4n) is 3.29. The molecule has 5 nitrogen and oxygen atoms in total. The van der Waals surface area contributed by atoms with Gasteiger partial charge in [-0.05, 0) is 19.4 Å². The lowest BCUT2D eigenvalue weighted by Gasteiger charge is -2.17. The number of esters is 1. The zero-order valence-corrected chi connectivity index (χ0v) is 15.0. The number of benzene rings is 1. The number of fused-ring (bicyclic) bond motifs is 2. The summed E-state index contributed by atoms with van der Waals surface area (Å²) in [7, 11) is 0. The normalized spacial score (nSPS) is 29.7. The van der Waals surface area contributed by atoms with Crippen LogP contribution in [0.1, 0.15) is 29.3 Å². The van der Waals surface area contributed by atoms with Crippen LogP contribution in [-0.2, 0) is 16.0 Å². The van der Waals surface area contributed by atoms with E-state index in [0.29, 0.717) is 0 Å². The number of halogens is 3. The van der Waals surface area contributed by atoms with E-state index >= 15 is 0 Å². The third-order valence-electron chi connectivity index (χ3n) is 4.75. The van der Waals surface area contributed by atoms with Crippen molar-refractivity contribution in [3.05, 3.63) is 46.5 Å². The van der Waals surface area contributed by atoms with Crippen LogP contribution in [0.15, 0.2) is 30.4 Å². The molecule has 1 aliphatic heterocycles. The molecule has 144 valence electrons. The lowest BCUT2D eigenvalue weighted by molar-refractivity contribution is -0.114. The van der Waals surface area contributed by atoms with Crippen molar-refractivity contribution in [2.45, 2.75) is 31.8 Å². The minimum atomic E-state index is -2.90. The first kappa shape index (κ1) is 19.4. The first-order valence-electron chi connectivity index (χ1n) is 8.32. The van der Waals surface area contributed by atoms with E-state index in [1.807, 2.05) is 0 Å². The SMILES string of the molecule is CC1CC2C(/C=C\C=C\C(=O)Cc3c(Cl)c(O)cc(O)c3C(=O)O1)C2(F)F. The molecule has 1 saturated carbocycles. The average molecular weight is 399 g/mol. The Morgan fingerprint density at radius 1 is 1.22 bits per heavy atom. The number of aromatic hydroxyl groups is 2. The second-order valence-electron chi connectivity index (χ2n) is 6.73. The maximum absolute atomic E-state index is 13.9. The molecule has 3 atom stereocenters. The van der Waals surface area contributed by atoms with Crippen molar-refractivity contribution in [3.63, 3.8) is 0 Å². The standard InChI is InChI=1S/C19H17ClF2O5/c1-9-6-13-12(19(13,21)22)5-3-2-4-10(23)7-11-16(18(26)27-9)14(24)8-15(25)17(11)20/h2-5,8-9,12-13,24-25H,6-7H2,1H3/b4-2+,5-3-. The van der Waals surface area contributed by atoms with E-state index in [9.17, 15) is 28.6 Å². The molecule has 0 bridgehead atoms. The summed E-state index contributed by atoms with van der Waals surface area (Å²) in [4.78, 5) is 24.6. The molecule has 3 unspecified atom stereocenters. The fourth-order valence-corrected chi connectivity index (χ4v) is 3.50. The van der Waals surface area contributed by atoms with Gasteiger partial charge in [0.2, 0.25) is 0 Å². The smallest absolute Gasteiger partial charge is 0.342 e. The first-order chi connectivity index (χ1) is 12.6. The summed E-state index contributed by atoms with van der Waals surface area (Å²) in [5.74, 6) is -7.45. The average Bonchev–Trinajstić information content (AvgIpc) is 3.07. The molecule has 1 aliphatic carbocycles. The zero-order valence-electron chi connectivity index (χ0n) is 14.3. The third kappa shape index (κ3) is 3.69. The number of rotatable bonds is 0. The zero-order chi connectivity index (χ0) is 19.9. The van der Waals surface area contributed by atoms with Gasteiger partial charge in [0.15, 0.2) is 5.78 Å². The summed E-state index contributed by atoms with van der Waals surface area (Å²) in [5, 5.41) is 19.6. The van der Waals surface area contributed by atoms with E-state index in [-0.39, 0.29) is 29.0 Å². The lowest BCUT2D eigenvalue weighted by Crippen LogP contribution is -2.19. The van der Waals surface area contributed by atoms with Crippen molar-refractivity contribution in [1.29, 1.82) is 0 Å². The first-order valence-corrected chi connectivity index (χ1v) is 8.70. The predicted molar refractivity (Wildman–Crippen MR) is 93.2 cm³/mol. The van der Waals surface area contributed by atoms with Crippen molar-refractivity contribution in [2.75, 3.05) is 0 Å². The van der Waals surface area contributed by atoms with E-state index in [0.717, 1.165) is 12.1 Å². The highest BCUT2D eigenvalue weighted by Gasteiger charge is 2.66. The highest BCUT2D eigenvalue weighted by atomic mass is 35.5. The summed E-state index contributed by atoms with van der Waals surface area (Å²) >= 11 is 6.01. The monoisotopic (exact) mass is 398 g/mol. The van der Waals surface area contributed by atoms with Gasteiger partial charge in [0, 0.05) is 24.0 Å². The van der Waals surface area contributed by atoms with Crippen LogP contribution in [0.5, 0.6) is 11.5 Å². The molecule has 8 heteroatoms. The van der Waals surface area contributed by atoms with Crippen LogP contribution in [0, 0.1) is 11.8 Å². The highest BCUT2D eigenvalue weighted by molar-refractivity contribution is 6.33. The Balaban J connectivity index is 2.02. The van der Waals surface area contributed by atoms with Gasteiger partial charge in [0.05, 0.1) is 17.0 Å². The number of hydrogen-bond donors (Lipinski definition) is 2. The Hall–Kier alpha value is -2.41. The third-order valence-corrected chi connectivity index (χ3v) is 5.17. The van der Waals surface area contributed by atoms with E-state index < -0.39 is 47.1 Å². The molecule has 0 radical (unpaired) electrons. The summed E-state index contributed by atoms with van der Waals surface area (Å²) < 4.78 is 32.9. The second-order valence-corrected chi connectivity index (χ2v) is 7.11. The molecule has 3 rings (SSSR count). The van der Waals surface area contributed by atoms with Gasteiger partial charge in [-0.25, -0.2) is 13.6 Å². The highest BCUT2D eigenvalue weighted by Crippen LogP contribution is 2.58. The summed E-state index contributed by atoms with van der Waals surface area (Å²) in [5.41, 5.74) is -0.449. The van der Waals surface area contributed by atoms with Gasteiger partial charge in [0.1, 0.15) is 17.1 Å². The Labute approximate surface area is 158 Å². The number of hydrogen-bond acceptors (Lipinski definition) is 5. The molecule has 2 N–H and O–H groups in total. The van der Waals surface area contributed by atoms with Gasteiger partial charge in [-0.15, -0.1) is 0 Å². The number of ether oxygens (including phenoxy) is 1. The van der Waals surface area contributed by atoms with Gasteiger partial charge in [-0.3, -0.25) is 4.79 Å². The summed E-state index contributed by atoms with van der Waals surface area (Å²) in [6, 6.07) is 0.865. The lowest BCUT2D eigenvalue weighted by atomic mass is 10.00. The quantitative estimate of drug-likeness (QED) is 0.649. The van der Waals surface area contributed by atoms with Crippen LogP contribution < -0.4 is 0 Å². The van der Waals surface area contributed by atoms with Crippen LogP contribution >= 0.6 is 11.6 Å². The number of carbonyl (C=O) groups excluding carboxylic acids is 2. The van der Waals surface area contributed by atoms with Crippen molar-refractivity contribution in [3.8, 4) is 11.5 Å². The summed E-state index contributed by atoms with van der Waals surface area (Å²) in [6.07, 6.45) is 3.89. The number of ketones is 1. The number of alkyl halides is 2. The molecule has 27 heavy (non-hydrogen) atoms. The molecule has 1 aromatic carbocycles. The molecule has 0 spiro atoms. The van der Waals surface area contributed by atoms with Gasteiger partial charge < -0.3 is 14.9 Å². The maximum Gasteiger partial charge on any atom is 0.342 e. The Morgan fingerprint density at radius 2 is 1.93 bits per heavy atom. The summed E-state index contributed by atoms with van der Waals surface area (Å²) in [6.45, 7) is 1.47. The number of phenols is 2. The van der Waals surface area contributed by atoms with Gasteiger partial charge in [-0.2, -0.15) is 0 Å². The van der Waals surface area contributed by atoms with E-state index in [1.54, 1.807) is 0 Å². The predicted octanol–water partition coefficient (Wildman–Crippen LogP) is 3.81. The van der Waals surface area contributed by atoms with Crippen LogP contribution in [0.4, 0.5) is 8.78 Å². The molecular weight excluding hydrogens is 382 g/mol. The largest absolute Gasteiger partial charge is 0.507 e. The molecule has 1 heterocycles. The molecular formula is C19H17ClF2O5. The molecule has 2 aliphatic rings. The number of phenolic OH excluding ortho intramolecular Hbond substituents is 2. The Morgan fingerprint density at radius 3 is 2.63 bits per heavy atom. The van der Waals surface area contributed by atoms with Crippen LogP contribution in [0.25, 0.3) is 0 Å².